The van der Waals surface area contributed by atoms with Gasteiger partial charge in [-0.15, -0.1) is 0 Å². The molecule has 0 amide bonds. The van der Waals surface area contributed by atoms with Gasteiger partial charge >= 0.3 is 0 Å². The quantitative estimate of drug-likeness (QED) is 0.899. The Kier molecular flexibility index (Phi) is 4.29. The van der Waals surface area contributed by atoms with Crippen molar-refractivity contribution in [1.29, 1.82) is 0 Å². The second-order valence-electron chi connectivity index (χ2n) is 3.95. The molecule has 2 atom stereocenters. The summed E-state index contributed by atoms with van der Waals surface area (Å²) in [6.07, 6.45) is 6.86. The highest BCUT2D eigenvalue weighted by atomic mass is 35.5. The van der Waals surface area contributed by atoms with E-state index in [0.29, 0.717) is 11.1 Å². The van der Waals surface area contributed by atoms with Crippen molar-refractivity contribution in [3.05, 3.63) is 17.5 Å². The number of thioether (sulfide) groups is 1. The lowest BCUT2D eigenvalue weighted by atomic mass is 10.2. The number of nitrogens with one attached hydrogen (secondary N) is 1. The zero-order valence-electron chi connectivity index (χ0n) is 9.32. The molecule has 1 aromatic heterocycles. The van der Waals surface area contributed by atoms with Gasteiger partial charge in [0.2, 0.25) is 0 Å². The number of rotatable bonds is 4. The van der Waals surface area contributed by atoms with Crippen molar-refractivity contribution in [2.45, 2.75) is 37.5 Å². The van der Waals surface area contributed by atoms with Gasteiger partial charge in [0.1, 0.15) is 17.2 Å². The number of aromatic nitrogens is 2. The van der Waals surface area contributed by atoms with E-state index in [2.05, 4.69) is 34.0 Å². The average Bonchev–Trinajstić information content (AvgIpc) is 2.70. The van der Waals surface area contributed by atoms with Crippen LogP contribution in [-0.2, 0) is 0 Å². The zero-order chi connectivity index (χ0) is 11.4. The van der Waals surface area contributed by atoms with Crippen LogP contribution in [0.25, 0.3) is 0 Å². The molecule has 0 aromatic carbocycles. The van der Waals surface area contributed by atoms with Crippen LogP contribution in [0.5, 0.6) is 0 Å². The Balaban J connectivity index is 1.90. The van der Waals surface area contributed by atoms with Gasteiger partial charge in [-0.05, 0) is 25.0 Å². The van der Waals surface area contributed by atoms with Gasteiger partial charge in [0, 0.05) is 11.3 Å². The number of halogens is 1. The molecule has 1 aromatic rings. The highest BCUT2D eigenvalue weighted by Crippen LogP contribution is 2.32. The maximum Gasteiger partial charge on any atom is 0.148 e. The monoisotopic (exact) mass is 257 g/mol. The maximum absolute atomic E-state index is 6.01. The molecular formula is C11H16ClN3S. The van der Waals surface area contributed by atoms with Crippen LogP contribution in [-0.4, -0.2) is 27.0 Å². The minimum absolute atomic E-state index is 0.511. The smallest absolute Gasteiger partial charge is 0.148 e. The minimum Gasteiger partial charge on any atom is -0.366 e. The van der Waals surface area contributed by atoms with Crippen LogP contribution in [0.2, 0.25) is 5.02 Å². The van der Waals surface area contributed by atoms with Gasteiger partial charge in [0.25, 0.3) is 0 Å². The molecule has 0 bridgehead atoms. The lowest BCUT2D eigenvalue weighted by molar-refractivity contribution is 0.751. The summed E-state index contributed by atoms with van der Waals surface area (Å²) < 4.78 is 0. The first-order valence-electron chi connectivity index (χ1n) is 5.63. The van der Waals surface area contributed by atoms with Crippen molar-refractivity contribution in [3.8, 4) is 0 Å². The predicted octanol–water partition coefficient (Wildman–Crippen LogP) is 3.22. The van der Waals surface area contributed by atoms with Crippen LogP contribution in [0.3, 0.4) is 0 Å². The number of hydrogen-bond donors (Lipinski definition) is 1. The van der Waals surface area contributed by atoms with Gasteiger partial charge in [0.05, 0.1) is 6.20 Å². The van der Waals surface area contributed by atoms with E-state index in [9.17, 15) is 0 Å². The van der Waals surface area contributed by atoms with Crippen molar-refractivity contribution in [2.24, 2.45) is 0 Å². The molecule has 0 saturated heterocycles. The standard InChI is InChI=1S/C11H16ClN3S/c1-2-16-9-4-3-8(5-9)15-11-10(12)6-13-7-14-11/h6-9H,2-5H2,1H3,(H,13,14,15). The summed E-state index contributed by atoms with van der Waals surface area (Å²) in [5, 5.41) is 4.80. The van der Waals surface area contributed by atoms with Crippen molar-refractivity contribution in [2.75, 3.05) is 11.1 Å². The molecule has 1 N–H and O–H groups in total. The van der Waals surface area contributed by atoms with Crippen molar-refractivity contribution in [3.63, 3.8) is 0 Å². The average molecular weight is 258 g/mol. The molecule has 1 aliphatic rings. The molecule has 0 aliphatic heterocycles. The molecule has 5 heteroatoms. The fourth-order valence-electron chi connectivity index (χ4n) is 2.07. The van der Waals surface area contributed by atoms with E-state index in [-0.39, 0.29) is 0 Å². The van der Waals surface area contributed by atoms with Crippen LogP contribution < -0.4 is 5.32 Å². The zero-order valence-corrected chi connectivity index (χ0v) is 10.9. The van der Waals surface area contributed by atoms with E-state index >= 15 is 0 Å². The van der Waals surface area contributed by atoms with Gasteiger partial charge in [-0.2, -0.15) is 11.8 Å². The third kappa shape index (κ3) is 3.01. The number of hydrogen-bond acceptors (Lipinski definition) is 4. The Morgan fingerprint density at radius 3 is 3.19 bits per heavy atom. The lowest BCUT2D eigenvalue weighted by Gasteiger charge is -2.14. The van der Waals surface area contributed by atoms with Crippen LogP contribution in [0, 0.1) is 0 Å². The fraction of sp³-hybridized carbons (Fsp3) is 0.636. The first kappa shape index (κ1) is 12.0. The van der Waals surface area contributed by atoms with Crippen molar-refractivity contribution in [1.82, 2.24) is 9.97 Å². The Morgan fingerprint density at radius 2 is 2.44 bits per heavy atom. The normalized spacial score (nSPS) is 24.6. The van der Waals surface area contributed by atoms with Gasteiger partial charge in [-0.25, -0.2) is 9.97 Å². The Hall–Kier alpha value is -0.480. The second-order valence-corrected chi connectivity index (χ2v) is 5.94. The third-order valence-corrected chi connectivity index (χ3v) is 4.30. The van der Waals surface area contributed by atoms with E-state index in [4.69, 9.17) is 11.6 Å². The molecule has 3 nitrogen and oxygen atoms in total. The second kappa shape index (κ2) is 5.73. The van der Waals surface area contributed by atoms with E-state index in [1.807, 2.05) is 0 Å². The third-order valence-electron chi connectivity index (χ3n) is 2.80. The summed E-state index contributed by atoms with van der Waals surface area (Å²) in [6.45, 7) is 2.21. The summed E-state index contributed by atoms with van der Waals surface area (Å²) in [5.74, 6) is 1.97. The summed E-state index contributed by atoms with van der Waals surface area (Å²) >= 11 is 8.06. The summed E-state index contributed by atoms with van der Waals surface area (Å²) in [6, 6.07) is 0.511. The van der Waals surface area contributed by atoms with Crippen LogP contribution >= 0.6 is 23.4 Å². The molecule has 2 unspecified atom stereocenters. The topological polar surface area (TPSA) is 37.8 Å². The van der Waals surface area contributed by atoms with Gasteiger partial charge < -0.3 is 5.32 Å². The molecule has 0 spiro atoms. The number of nitrogens with zero attached hydrogens (tertiary/aromatic N) is 2. The number of anilines is 1. The van der Waals surface area contributed by atoms with Crippen LogP contribution in [0.15, 0.2) is 12.5 Å². The van der Waals surface area contributed by atoms with E-state index < -0.39 is 0 Å². The molecule has 1 heterocycles. The Labute approximate surface area is 105 Å². The largest absolute Gasteiger partial charge is 0.366 e. The first-order valence-corrected chi connectivity index (χ1v) is 7.06. The van der Waals surface area contributed by atoms with Crippen LogP contribution in [0.1, 0.15) is 26.2 Å². The Bertz CT molecular complexity index is 348. The van der Waals surface area contributed by atoms with Gasteiger partial charge in [-0.1, -0.05) is 18.5 Å². The van der Waals surface area contributed by atoms with Crippen molar-refractivity contribution < 1.29 is 0 Å². The van der Waals surface area contributed by atoms with Crippen LogP contribution in [0.4, 0.5) is 5.82 Å². The summed E-state index contributed by atoms with van der Waals surface area (Å²) in [4.78, 5) is 8.03. The molecular weight excluding hydrogens is 242 g/mol. The van der Waals surface area contributed by atoms with E-state index in [1.165, 1.54) is 31.3 Å². The summed E-state index contributed by atoms with van der Waals surface area (Å²) in [5.41, 5.74) is 0. The van der Waals surface area contributed by atoms with Gasteiger partial charge in [-0.3, -0.25) is 0 Å². The van der Waals surface area contributed by atoms with Crippen molar-refractivity contribution >= 4 is 29.2 Å². The highest BCUT2D eigenvalue weighted by molar-refractivity contribution is 7.99. The molecule has 1 saturated carbocycles. The lowest BCUT2D eigenvalue weighted by Crippen LogP contribution is -2.17. The first-order chi connectivity index (χ1) is 7.79. The van der Waals surface area contributed by atoms with E-state index in [1.54, 1.807) is 6.20 Å². The molecule has 0 radical (unpaired) electrons. The molecule has 2 rings (SSSR count). The SMILES string of the molecule is CCSC1CCC(Nc2ncncc2Cl)C1. The molecule has 16 heavy (non-hydrogen) atoms. The molecule has 88 valence electrons. The fourth-order valence-corrected chi connectivity index (χ4v) is 3.37. The predicted molar refractivity (Wildman–Crippen MR) is 70.2 cm³/mol. The summed E-state index contributed by atoms with van der Waals surface area (Å²) in [7, 11) is 0. The van der Waals surface area contributed by atoms with Gasteiger partial charge in [0.15, 0.2) is 0 Å². The molecule has 1 aliphatic carbocycles. The Morgan fingerprint density at radius 1 is 1.56 bits per heavy atom. The minimum atomic E-state index is 0.511. The highest BCUT2D eigenvalue weighted by Gasteiger charge is 2.24. The maximum atomic E-state index is 6.01. The molecule has 1 fully saturated rings. The van der Waals surface area contributed by atoms with E-state index in [0.717, 1.165) is 11.1 Å².